The fraction of sp³-hybridized carbons (Fsp3) is 0.375. The highest BCUT2D eigenvalue weighted by Gasteiger charge is 2.25. The molecule has 0 saturated carbocycles. The van der Waals surface area contributed by atoms with Crippen molar-refractivity contribution >= 4 is 28.6 Å². The molecule has 2 aromatic carbocycles. The second-order valence-corrected chi connectivity index (χ2v) is 8.39. The van der Waals surface area contributed by atoms with Crippen LogP contribution in [0.15, 0.2) is 57.7 Å². The van der Waals surface area contributed by atoms with Gasteiger partial charge in [-0.15, -0.1) is 0 Å². The molecule has 0 spiro atoms. The van der Waals surface area contributed by atoms with Crippen molar-refractivity contribution in [2.24, 2.45) is 5.92 Å². The summed E-state index contributed by atoms with van der Waals surface area (Å²) in [4.78, 5) is 39.5. The summed E-state index contributed by atoms with van der Waals surface area (Å²) in [6.45, 7) is 4.63. The molecule has 3 aromatic rings. The Kier molecular flexibility index (Phi) is 7.89. The maximum absolute atomic E-state index is 12.9. The molecule has 2 amide bonds. The number of para-hydroxylation sites is 1. The molecule has 176 valence electrons. The summed E-state index contributed by atoms with van der Waals surface area (Å²) in [6, 6.07) is 13.2. The average molecular weight is 455 g/mol. The minimum Gasteiger partial charge on any atom is -0.484 e. The van der Waals surface area contributed by atoms with E-state index in [9.17, 15) is 14.4 Å². The number of hydrogen-bond donors (Lipinski definition) is 2. The molecule has 1 aromatic heterocycles. The molecule has 9 heteroatoms. The van der Waals surface area contributed by atoms with Gasteiger partial charge in [0.15, 0.2) is 12.2 Å². The summed E-state index contributed by atoms with van der Waals surface area (Å²) >= 11 is 0. The normalized spacial score (nSPS) is 12.2. The number of ether oxygens (including phenoxy) is 1. The molecule has 1 atom stereocenters. The van der Waals surface area contributed by atoms with Gasteiger partial charge in [-0.05, 0) is 50.3 Å². The van der Waals surface area contributed by atoms with Crippen LogP contribution in [0.5, 0.6) is 5.75 Å². The predicted octanol–water partition coefficient (Wildman–Crippen LogP) is 2.31. The molecule has 9 nitrogen and oxygen atoms in total. The molecular weight excluding hydrogens is 424 g/mol. The number of rotatable bonds is 10. The number of hydrogen-bond acceptors (Lipinski definition) is 6. The van der Waals surface area contributed by atoms with Crippen molar-refractivity contribution in [3.05, 3.63) is 59.1 Å². The molecule has 33 heavy (non-hydrogen) atoms. The topological polar surface area (TPSA) is 106 Å². The number of nitrogens with zero attached hydrogens (tertiary/aromatic N) is 2. The largest absolute Gasteiger partial charge is 0.484 e. The highest BCUT2D eigenvalue weighted by atomic mass is 16.5. The zero-order valence-corrected chi connectivity index (χ0v) is 19.3. The smallest absolute Gasteiger partial charge is 0.419 e. The fourth-order valence-corrected chi connectivity index (χ4v) is 3.29. The zero-order valence-electron chi connectivity index (χ0n) is 19.3. The van der Waals surface area contributed by atoms with Crippen molar-refractivity contribution in [2.75, 3.05) is 32.6 Å². The van der Waals surface area contributed by atoms with Gasteiger partial charge in [0, 0.05) is 18.8 Å². The quantitative estimate of drug-likeness (QED) is 0.487. The van der Waals surface area contributed by atoms with Gasteiger partial charge in [-0.25, -0.2) is 4.79 Å². The van der Waals surface area contributed by atoms with Crippen LogP contribution in [-0.2, 0) is 16.1 Å². The minimum absolute atomic E-state index is 0.151. The molecule has 3 rings (SSSR count). The van der Waals surface area contributed by atoms with Crippen molar-refractivity contribution in [1.82, 2.24) is 14.8 Å². The van der Waals surface area contributed by atoms with Crippen LogP contribution in [0.4, 0.5) is 5.69 Å². The van der Waals surface area contributed by atoms with E-state index in [1.165, 1.54) is 4.57 Å². The maximum Gasteiger partial charge on any atom is 0.419 e. The van der Waals surface area contributed by atoms with E-state index >= 15 is 0 Å². The number of oxazole rings is 1. The van der Waals surface area contributed by atoms with Crippen LogP contribution in [0.3, 0.4) is 0 Å². The Labute approximate surface area is 192 Å². The van der Waals surface area contributed by atoms with Crippen LogP contribution in [0.2, 0.25) is 0 Å². The molecule has 0 aliphatic heterocycles. The highest BCUT2D eigenvalue weighted by Crippen LogP contribution is 2.19. The minimum atomic E-state index is -0.757. The van der Waals surface area contributed by atoms with E-state index in [4.69, 9.17) is 9.15 Å². The first-order chi connectivity index (χ1) is 15.7. The van der Waals surface area contributed by atoms with Crippen LogP contribution >= 0.6 is 0 Å². The SMILES string of the molecule is CC(C)C(NC(=O)COc1ccccc1)C(=O)Nc1ccc2oc(=O)n(CCN(C)C)c2c1. The number of amides is 2. The third kappa shape index (κ3) is 6.45. The third-order valence-corrected chi connectivity index (χ3v) is 5.08. The van der Waals surface area contributed by atoms with Gasteiger partial charge in [-0.2, -0.15) is 0 Å². The zero-order chi connectivity index (χ0) is 24.0. The first kappa shape index (κ1) is 24.1. The van der Waals surface area contributed by atoms with Crippen LogP contribution < -0.4 is 21.1 Å². The van der Waals surface area contributed by atoms with E-state index in [0.29, 0.717) is 35.6 Å². The molecule has 0 fully saturated rings. The Morgan fingerprint density at radius 2 is 1.85 bits per heavy atom. The number of carbonyl (C=O) groups excluding carboxylic acids is 2. The number of likely N-dealkylation sites (N-methyl/N-ethyl adjacent to an activating group) is 1. The number of fused-ring (bicyclic) bond motifs is 1. The van der Waals surface area contributed by atoms with Gasteiger partial charge in [0.1, 0.15) is 11.8 Å². The number of benzene rings is 2. The van der Waals surface area contributed by atoms with Gasteiger partial charge >= 0.3 is 5.76 Å². The first-order valence-electron chi connectivity index (χ1n) is 10.8. The Morgan fingerprint density at radius 3 is 2.52 bits per heavy atom. The van der Waals surface area contributed by atoms with Crippen LogP contribution in [0.25, 0.3) is 11.1 Å². The van der Waals surface area contributed by atoms with E-state index in [1.807, 2.05) is 51.0 Å². The maximum atomic E-state index is 12.9. The van der Waals surface area contributed by atoms with E-state index in [1.54, 1.807) is 30.3 Å². The van der Waals surface area contributed by atoms with Crippen molar-refractivity contribution in [1.29, 1.82) is 0 Å². The molecular formula is C24H30N4O5. The number of aromatic nitrogens is 1. The van der Waals surface area contributed by atoms with Gasteiger partial charge in [0.2, 0.25) is 5.91 Å². The summed E-state index contributed by atoms with van der Waals surface area (Å²) < 4.78 is 12.3. The molecule has 0 aliphatic rings. The van der Waals surface area contributed by atoms with Crippen molar-refractivity contribution < 1.29 is 18.7 Å². The molecule has 0 aliphatic carbocycles. The van der Waals surface area contributed by atoms with Gasteiger partial charge in [0.25, 0.3) is 5.91 Å². The van der Waals surface area contributed by atoms with Crippen molar-refractivity contribution in [3.63, 3.8) is 0 Å². The number of anilines is 1. The lowest BCUT2D eigenvalue weighted by molar-refractivity contribution is -0.128. The van der Waals surface area contributed by atoms with E-state index in [-0.39, 0.29) is 18.4 Å². The van der Waals surface area contributed by atoms with E-state index in [2.05, 4.69) is 10.6 Å². The summed E-state index contributed by atoms with van der Waals surface area (Å²) in [5, 5.41) is 5.57. The number of carbonyl (C=O) groups is 2. The molecule has 1 heterocycles. The fourth-order valence-electron chi connectivity index (χ4n) is 3.29. The third-order valence-electron chi connectivity index (χ3n) is 5.08. The molecule has 2 N–H and O–H groups in total. The summed E-state index contributed by atoms with van der Waals surface area (Å²) in [6.07, 6.45) is 0. The van der Waals surface area contributed by atoms with Crippen molar-refractivity contribution in [3.8, 4) is 5.75 Å². The van der Waals surface area contributed by atoms with Crippen LogP contribution in [0.1, 0.15) is 13.8 Å². The lowest BCUT2D eigenvalue weighted by atomic mass is 10.0. The Morgan fingerprint density at radius 1 is 1.12 bits per heavy atom. The lowest BCUT2D eigenvalue weighted by Gasteiger charge is -2.22. The summed E-state index contributed by atoms with van der Waals surface area (Å²) in [7, 11) is 3.84. The van der Waals surface area contributed by atoms with Crippen LogP contribution in [0, 0.1) is 5.92 Å². The molecule has 0 radical (unpaired) electrons. The molecule has 1 unspecified atom stereocenters. The number of nitrogens with one attached hydrogen (secondary N) is 2. The van der Waals surface area contributed by atoms with E-state index < -0.39 is 17.7 Å². The van der Waals surface area contributed by atoms with Gasteiger partial charge in [-0.1, -0.05) is 32.0 Å². The Hall–Kier alpha value is -3.59. The van der Waals surface area contributed by atoms with Gasteiger partial charge in [-0.3, -0.25) is 14.2 Å². The molecule has 0 bridgehead atoms. The van der Waals surface area contributed by atoms with Crippen LogP contribution in [-0.4, -0.2) is 54.6 Å². The second kappa shape index (κ2) is 10.8. The van der Waals surface area contributed by atoms with Gasteiger partial charge < -0.3 is 24.7 Å². The summed E-state index contributed by atoms with van der Waals surface area (Å²) in [5.41, 5.74) is 1.55. The highest BCUT2D eigenvalue weighted by molar-refractivity contribution is 5.98. The van der Waals surface area contributed by atoms with Gasteiger partial charge in [0.05, 0.1) is 5.52 Å². The lowest BCUT2D eigenvalue weighted by Crippen LogP contribution is -2.48. The molecule has 0 saturated heterocycles. The monoisotopic (exact) mass is 454 g/mol. The first-order valence-corrected chi connectivity index (χ1v) is 10.8. The Balaban J connectivity index is 1.68. The second-order valence-electron chi connectivity index (χ2n) is 8.39. The van der Waals surface area contributed by atoms with Crippen molar-refractivity contribution in [2.45, 2.75) is 26.4 Å². The standard InChI is InChI=1S/C24H30N4O5/c1-16(2)22(26-21(29)15-32-18-8-6-5-7-9-18)23(30)25-17-10-11-20-19(14-17)28(24(31)33-20)13-12-27(3)4/h5-11,14,16,22H,12-13,15H2,1-4H3,(H,25,30)(H,26,29). The summed E-state index contributed by atoms with van der Waals surface area (Å²) in [5.74, 6) is -0.770. The Bertz CT molecular complexity index is 1150. The predicted molar refractivity (Wildman–Crippen MR) is 126 cm³/mol. The average Bonchev–Trinajstić information content (AvgIpc) is 3.09. The van der Waals surface area contributed by atoms with E-state index in [0.717, 1.165) is 0 Å².